The van der Waals surface area contributed by atoms with Gasteiger partial charge in [0.2, 0.25) is 0 Å². The van der Waals surface area contributed by atoms with Crippen molar-refractivity contribution in [3.63, 3.8) is 0 Å². The van der Waals surface area contributed by atoms with Crippen LogP contribution in [-0.2, 0) is 11.8 Å². The summed E-state index contributed by atoms with van der Waals surface area (Å²) < 4.78 is 1.01. The zero-order valence-corrected chi connectivity index (χ0v) is 15.4. The van der Waals surface area contributed by atoms with Crippen LogP contribution in [0.15, 0.2) is 41.9 Å². The van der Waals surface area contributed by atoms with Crippen molar-refractivity contribution >= 4 is 27.5 Å². The molecule has 2 bridgehead atoms. The van der Waals surface area contributed by atoms with Gasteiger partial charge >= 0.3 is 0 Å². The van der Waals surface area contributed by atoms with Gasteiger partial charge in [0.1, 0.15) is 5.75 Å². The standard InChI is InChI=1S/C21H17N3O2S/c22-11-21-5-6-24(15(10-21)7-13-1-3-16(25)9-17(13)21)20(26)14-2-4-18-19(8-14)27-12-23-18/h1-4,8-9,12,15,25H,5-7,10H2. The average Bonchev–Trinajstić information content (AvgIpc) is 3.16. The number of aromatic nitrogens is 1. The maximum absolute atomic E-state index is 13.2. The molecule has 5 rings (SSSR count). The van der Waals surface area contributed by atoms with Crippen LogP contribution in [0.25, 0.3) is 10.2 Å². The van der Waals surface area contributed by atoms with Gasteiger partial charge in [0, 0.05) is 18.2 Å². The molecule has 1 aliphatic carbocycles. The van der Waals surface area contributed by atoms with Crippen LogP contribution in [0.3, 0.4) is 0 Å². The minimum atomic E-state index is -0.616. The van der Waals surface area contributed by atoms with E-state index in [2.05, 4.69) is 11.1 Å². The van der Waals surface area contributed by atoms with Crippen LogP contribution in [0.5, 0.6) is 5.75 Å². The number of phenolic OH excluding ortho intramolecular Hbond substituents is 1. The molecule has 1 saturated heterocycles. The van der Waals surface area contributed by atoms with E-state index < -0.39 is 5.41 Å². The molecule has 27 heavy (non-hydrogen) atoms. The molecular weight excluding hydrogens is 358 g/mol. The van der Waals surface area contributed by atoms with Crippen molar-refractivity contribution < 1.29 is 9.90 Å². The van der Waals surface area contributed by atoms with Gasteiger partial charge in [-0.25, -0.2) is 4.98 Å². The number of piperidine rings is 1. The Kier molecular flexibility index (Phi) is 3.49. The maximum Gasteiger partial charge on any atom is 0.254 e. The van der Waals surface area contributed by atoms with Crippen molar-refractivity contribution in [3.05, 3.63) is 58.6 Å². The molecule has 1 amide bonds. The highest BCUT2D eigenvalue weighted by atomic mass is 32.1. The molecule has 1 aliphatic heterocycles. The molecule has 0 spiro atoms. The molecule has 0 saturated carbocycles. The number of likely N-dealkylation sites (tertiary alicyclic amines) is 1. The summed E-state index contributed by atoms with van der Waals surface area (Å²) in [7, 11) is 0. The largest absolute Gasteiger partial charge is 0.508 e. The number of amides is 1. The van der Waals surface area contributed by atoms with E-state index in [4.69, 9.17) is 0 Å². The summed E-state index contributed by atoms with van der Waals surface area (Å²) in [4.78, 5) is 19.4. The molecule has 1 N–H and O–H groups in total. The molecule has 2 atom stereocenters. The van der Waals surface area contributed by atoms with E-state index in [1.54, 1.807) is 17.6 Å². The Bertz CT molecular complexity index is 1120. The molecule has 3 aromatic rings. The van der Waals surface area contributed by atoms with Crippen LogP contribution in [0.1, 0.15) is 34.3 Å². The highest BCUT2D eigenvalue weighted by Crippen LogP contribution is 2.46. The Labute approximate surface area is 160 Å². The molecule has 2 heterocycles. The molecule has 5 nitrogen and oxygen atoms in total. The fraction of sp³-hybridized carbons (Fsp3) is 0.286. The van der Waals surface area contributed by atoms with Crippen molar-refractivity contribution in [3.8, 4) is 11.8 Å². The molecule has 1 aromatic heterocycles. The predicted octanol–water partition coefficient (Wildman–Crippen LogP) is 3.62. The number of carbonyl (C=O) groups excluding carboxylic acids is 1. The first-order valence-electron chi connectivity index (χ1n) is 8.97. The van der Waals surface area contributed by atoms with E-state index >= 15 is 0 Å². The lowest BCUT2D eigenvalue weighted by atomic mass is 9.64. The molecule has 134 valence electrons. The van der Waals surface area contributed by atoms with Crippen molar-refractivity contribution in [2.75, 3.05) is 6.54 Å². The molecule has 0 radical (unpaired) electrons. The van der Waals surface area contributed by atoms with Gasteiger partial charge in [-0.2, -0.15) is 5.26 Å². The number of thiazole rings is 1. The van der Waals surface area contributed by atoms with Gasteiger partial charge in [-0.1, -0.05) is 6.07 Å². The number of hydrogen-bond donors (Lipinski definition) is 1. The zero-order valence-electron chi connectivity index (χ0n) is 14.6. The number of phenols is 1. The Morgan fingerprint density at radius 1 is 1.33 bits per heavy atom. The maximum atomic E-state index is 13.2. The summed E-state index contributed by atoms with van der Waals surface area (Å²) in [5, 5.41) is 19.8. The first-order chi connectivity index (χ1) is 13.1. The predicted molar refractivity (Wildman–Crippen MR) is 103 cm³/mol. The second kappa shape index (κ2) is 5.80. The van der Waals surface area contributed by atoms with Crippen molar-refractivity contribution in [2.45, 2.75) is 30.7 Å². The Hall–Kier alpha value is -2.91. The van der Waals surface area contributed by atoms with Gasteiger partial charge in [0.25, 0.3) is 5.91 Å². The van der Waals surface area contributed by atoms with Crippen LogP contribution >= 0.6 is 11.3 Å². The van der Waals surface area contributed by atoms with Gasteiger partial charge in [-0.15, -0.1) is 11.3 Å². The lowest BCUT2D eigenvalue weighted by molar-refractivity contribution is 0.0526. The van der Waals surface area contributed by atoms with Gasteiger partial charge < -0.3 is 10.0 Å². The summed E-state index contributed by atoms with van der Waals surface area (Å²) in [6, 6.07) is 13.4. The Balaban J connectivity index is 1.51. The van der Waals surface area contributed by atoms with Crippen molar-refractivity contribution in [2.24, 2.45) is 0 Å². The molecule has 1 fully saturated rings. The fourth-order valence-electron chi connectivity index (χ4n) is 4.56. The second-order valence-electron chi connectivity index (χ2n) is 7.38. The van der Waals surface area contributed by atoms with Crippen LogP contribution < -0.4 is 0 Å². The highest BCUT2D eigenvalue weighted by Gasteiger charge is 2.47. The highest BCUT2D eigenvalue weighted by molar-refractivity contribution is 7.16. The minimum Gasteiger partial charge on any atom is -0.508 e. The lowest BCUT2D eigenvalue weighted by Gasteiger charge is -2.48. The second-order valence-corrected chi connectivity index (χ2v) is 8.27. The fourth-order valence-corrected chi connectivity index (χ4v) is 5.28. The topological polar surface area (TPSA) is 77.2 Å². The number of nitriles is 1. The Morgan fingerprint density at radius 3 is 3.07 bits per heavy atom. The number of hydrogen-bond acceptors (Lipinski definition) is 5. The molecule has 2 unspecified atom stereocenters. The van der Waals surface area contributed by atoms with Crippen LogP contribution in [0, 0.1) is 11.3 Å². The number of benzene rings is 2. The van der Waals surface area contributed by atoms with Crippen LogP contribution in [0.2, 0.25) is 0 Å². The summed E-state index contributed by atoms with van der Waals surface area (Å²) >= 11 is 1.53. The smallest absolute Gasteiger partial charge is 0.254 e. The summed E-state index contributed by atoms with van der Waals surface area (Å²) in [5.74, 6) is 0.210. The number of aromatic hydroxyl groups is 1. The van der Waals surface area contributed by atoms with Crippen molar-refractivity contribution in [1.82, 2.24) is 9.88 Å². The first kappa shape index (κ1) is 16.3. The van der Waals surface area contributed by atoms with E-state index in [1.165, 1.54) is 11.3 Å². The van der Waals surface area contributed by atoms with Gasteiger partial charge in [-0.05, 0) is 60.7 Å². The van der Waals surface area contributed by atoms with Crippen LogP contribution in [0.4, 0.5) is 0 Å². The van der Waals surface area contributed by atoms with E-state index in [0.29, 0.717) is 31.4 Å². The van der Waals surface area contributed by atoms with E-state index in [0.717, 1.165) is 21.3 Å². The summed E-state index contributed by atoms with van der Waals surface area (Å²) in [5.41, 5.74) is 4.74. The third-order valence-corrected chi connectivity index (χ3v) is 6.71. The van der Waals surface area contributed by atoms with Crippen molar-refractivity contribution in [1.29, 1.82) is 5.26 Å². The number of fused-ring (bicyclic) bond motifs is 5. The zero-order chi connectivity index (χ0) is 18.6. The van der Waals surface area contributed by atoms with Gasteiger partial charge in [0.15, 0.2) is 0 Å². The molecule has 6 heteroatoms. The third-order valence-electron chi connectivity index (χ3n) is 5.92. The molecule has 2 aliphatic rings. The third kappa shape index (κ3) is 2.42. The molecule has 2 aromatic carbocycles. The van der Waals surface area contributed by atoms with Gasteiger partial charge in [0.05, 0.1) is 27.2 Å². The SMILES string of the molecule is N#CC12CCN(C(=O)c3ccc4ncsc4c3)C(Cc3ccc(O)cc31)C2. The minimum absolute atomic E-state index is 0.0000931. The monoisotopic (exact) mass is 375 g/mol. The number of rotatable bonds is 1. The first-order valence-corrected chi connectivity index (χ1v) is 9.85. The van der Waals surface area contributed by atoms with Gasteiger partial charge in [-0.3, -0.25) is 4.79 Å². The normalized spacial score (nSPS) is 23.7. The van der Waals surface area contributed by atoms with E-state index in [9.17, 15) is 15.2 Å². The quantitative estimate of drug-likeness (QED) is 0.705. The Morgan fingerprint density at radius 2 is 2.22 bits per heavy atom. The molecular formula is C21H17N3O2S. The van der Waals surface area contributed by atoms with E-state index in [1.807, 2.05) is 29.2 Å². The van der Waals surface area contributed by atoms with E-state index in [-0.39, 0.29) is 17.7 Å². The lowest BCUT2D eigenvalue weighted by Crippen LogP contribution is -2.54. The number of carbonyl (C=O) groups is 1. The number of nitrogens with zero attached hydrogens (tertiary/aromatic N) is 3. The summed E-state index contributed by atoms with van der Waals surface area (Å²) in [6.07, 6.45) is 1.92. The van der Waals surface area contributed by atoms with Crippen LogP contribution in [-0.4, -0.2) is 33.5 Å². The average molecular weight is 375 g/mol. The summed E-state index contributed by atoms with van der Waals surface area (Å²) in [6.45, 7) is 0.548.